The molecule has 0 atom stereocenters. The van der Waals surface area contributed by atoms with Gasteiger partial charge in [-0.25, -0.2) is 4.98 Å². The Balaban J connectivity index is 2.17. The Kier molecular flexibility index (Phi) is 4.72. The third-order valence-electron chi connectivity index (χ3n) is 4.05. The topological polar surface area (TPSA) is 118 Å². The molecule has 3 aromatic rings. The highest BCUT2D eigenvalue weighted by Crippen LogP contribution is 2.29. The van der Waals surface area contributed by atoms with Gasteiger partial charge in [0, 0.05) is 6.07 Å². The van der Waals surface area contributed by atoms with Crippen LogP contribution < -0.4 is 15.0 Å². The van der Waals surface area contributed by atoms with Gasteiger partial charge in [-0.05, 0) is 26.0 Å². The highest BCUT2D eigenvalue weighted by molar-refractivity contribution is 6.02. The SMILES string of the molecule is COc1ccc(-n2nnc3c(=O)n(C(C(C)=O)C(C)=O)cnc32)cc1OC. The van der Waals surface area contributed by atoms with Gasteiger partial charge >= 0.3 is 0 Å². The molecule has 0 amide bonds. The Hall–Kier alpha value is -3.56. The molecule has 0 spiro atoms. The number of ether oxygens (including phenoxy) is 2. The molecule has 140 valence electrons. The maximum Gasteiger partial charge on any atom is 0.284 e. The summed E-state index contributed by atoms with van der Waals surface area (Å²) < 4.78 is 12.8. The third-order valence-corrected chi connectivity index (χ3v) is 4.05. The van der Waals surface area contributed by atoms with Crippen LogP contribution in [0.3, 0.4) is 0 Å². The molecule has 0 aliphatic carbocycles. The van der Waals surface area contributed by atoms with Gasteiger partial charge in [0.2, 0.25) is 0 Å². The molecule has 0 fully saturated rings. The predicted octanol–water partition coefficient (Wildman–Crippen LogP) is 0.713. The molecule has 0 bridgehead atoms. The molecule has 0 saturated heterocycles. The van der Waals surface area contributed by atoms with Crippen LogP contribution in [-0.2, 0) is 9.59 Å². The van der Waals surface area contributed by atoms with Gasteiger partial charge < -0.3 is 9.47 Å². The minimum Gasteiger partial charge on any atom is -0.493 e. The zero-order valence-corrected chi connectivity index (χ0v) is 15.2. The van der Waals surface area contributed by atoms with E-state index in [4.69, 9.17) is 9.47 Å². The molecule has 0 unspecified atom stereocenters. The summed E-state index contributed by atoms with van der Waals surface area (Å²) >= 11 is 0. The summed E-state index contributed by atoms with van der Waals surface area (Å²) in [5, 5.41) is 7.85. The molecule has 27 heavy (non-hydrogen) atoms. The molecule has 10 heteroatoms. The quantitative estimate of drug-likeness (QED) is 0.582. The fraction of sp³-hybridized carbons (Fsp3) is 0.294. The van der Waals surface area contributed by atoms with Crippen molar-refractivity contribution in [3.05, 3.63) is 34.9 Å². The Labute approximate surface area is 153 Å². The van der Waals surface area contributed by atoms with Crippen LogP contribution in [0.1, 0.15) is 19.9 Å². The van der Waals surface area contributed by atoms with E-state index in [1.54, 1.807) is 18.2 Å². The first-order chi connectivity index (χ1) is 12.9. The lowest BCUT2D eigenvalue weighted by molar-refractivity contribution is -0.129. The number of carbonyl (C=O) groups excluding carboxylic acids is 2. The number of aromatic nitrogens is 5. The normalized spacial score (nSPS) is 11.0. The average molecular weight is 371 g/mol. The van der Waals surface area contributed by atoms with Crippen molar-refractivity contribution in [2.24, 2.45) is 0 Å². The van der Waals surface area contributed by atoms with Crippen LogP contribution in [0.5, 0.6) is 11.5 Å². The lowest BCUT2D eigenvalue weighted by Gasteiger charge is -2.13. The maximum absolute atomic E-state index is 12.7. The summed E-state index contributed by atoms with van der Waals surface area (Å²) in [7, 11) is 3.02. The van der Waals surface area contributed by atoms with Crippen LogP contribution in [0.25, 0.3) is 16.9 Å². The lowest BCUT2D eigenvalue weighted by Crippen LogP contribution is -2.33. The number of Topliss-reactive ketones (excluding diaryl/α,β-unsaturated/α-hetero) is 2. The number of hydrogen-bond acceptors (Lipinski definition) is 8. The first-order valence-corrected chi connectivity index (χ1v) is 7.95. The van der Waals surface area contributed by atoms with Crippen LogP contribution in [0.2, 0.25) is 0 Å². The molecule has 0 aliphatic rings. The van der Waals surface area contributed by atoms with Gasteiger partial charge in [0.05, 0.1) is 19.9 Å². The zero-order valence-electron chi connectivity index (χ0n) is 15.2. The van der Waals surface area contributed by atoms with E-state index in [1.165, 1.54) is 32.7 Å². The van der Waals surface area contributed by atoms with Gasteiger partial charge in [-0.3, -0.25) is 19.0 Å². The lowest BCUT2D eigenvalue weighted by atomic mass is 10.1. The van der Waals surface area contributed by atoms with Crippen LogP contribution in [-0.4, -0.2) is 50.3 Å². The van der Waals surface area contributed by atoms with Gasteiger partial charge in [-0.2, -0.15) is 4.68 Å². The first-order valence-electron chi connectivity index (χ1n) is 7.95. The van der Waals surface area contributed by atoms with Crippen molar-refractivity contribution in [2.75, 3.05) is 14.2 Å². The van der Waals surface area contributed by atoms with Crippen LogP contribution in [0.4, 0.5) is 0 Å². The van der Waals surface area contributed by atoms with Crippen molar-refractivity contribution in [2.45, 2.75) is 19.9 Å². The van der Waals surface area contributed by atoms with Crippen molar-refractivity contribution < 1.29 is 19.1 Å². The summed E-state index contributed by atoms with van der Waals surface area (Å²) in [5.74, 6) is 0.0861. The minimum absolute atomic E-state index is 0.0558. The molecule has 1 aromatic carbocycles. The minimum atomic E-state index is -1.24. The number of rotatable bonds is 6. The summed E-state index contributed by atoms with van der Waals surface area (Å²) in [6.45, 7) is 2.48. The van der Waals surface area contributed by atoms with Gasteiger partial charge in [-0.15, -0.1) is 5.10 Å². The summed E-state index contributed by atoms with van der Waals surface area (Å²) in [6.07, 6.45) is 1.15. The Morgan fingerprint density at radius 1 is 1.07 bits per heavy atom. The molecule has 0 radical (unpaired) electrons. The van der Waals surface area contributed by atoms with Gasteiger partial charge in [-0.1, -0.05) is 5.21 Å². The fourth-order valence-electron chi connectivity index (χ4n) is 2.82. The van der Waals surface area contributed by atoms with Crippen LogP contribution in [0.15, 0.2) is 29.3 Å². The van der Waals surface area contributed by atoms with E-state index < -0.39 is 23.2 Å². The molecular weight excluding hydrogens is 354 g/mol. The van der Waals surface area contributed by atoms with E-state index >= 15 is 0 Å². The number of nitrogens with zero attached hydrogens (tertiary/aromatic N) is 5. The van der Waals surface area contributed by atoms with Crippen molar-refractivity contribution in [1.82, 2.24) is 24.5 Å². The zero-order chi connectivity index (χ0) is 19.7. The number of ketones is 2. The smallest absolute Gasteiger partial charge is 0.284 e. The third kappa shape index (κ3) is 3.05. The number of carbonyl (C=O) groups is 2. The molecule has 2 aromatic heterocycles. The second-order valence-electron chi connectivity index (χ2n) is 5.79. The van der Waals surface area contributed by atoms with Gasteiger partial charge in [0.25, 0.3) is 5.56 Å². The van der Waals surface area contributed by atoms with Crippen molar-refractivity contribution in [3.8, 4) is 17.2 Å². The Morgan fingerprint density at radius 2 is 1.74 bits per heavy atom. The summed E-state index contributed by atoms with van der Waals surface area (Å²) in [4.78, 5) is 40.4. The second kappa shape index (κ2) is 6.98. The second-order valence-corrected chi connectivity index (χ2v) is 5.79. The number of hydrogen-bond donors (Lipinski definition) is 0. The number of benzene rings is 1. The van der Waals surface area contributed by atoms with Crippen molar-refractivity contribution in [1.29, 1.82) is 0 Å². The molecule has 3 rings (SSSR count). The molecule has 2 heterocycles. The highest BCUT2D eigenvalue weighted by Gasteiger charge is 2.25. The monoisotopic (exact) mass is 371 g/mol. The maximum atomic E-state index is 12.7. The largest absolute Gasteiger partial charge is 0.493 e. The standard InChI is InChI=1S/C17H17N5O5/c1-9(23)15(10(2)24)21-8-18-16-14(17(21)25)19-20-22(16)11-5-6-12(26-3)13(7-11)27-4/h5-8,15H,1-4H3. The molecule has 0 saturated carbocycles. The molecule has 0 aliphatic heterocycles. The Morgan fingerprint density at radius 3 is 2.33 bits per heavy atom. The van der Waals surface area contributed by atoms with Crippen molar-refractivity contribution >= 4 is 22.7 Å². The average Bonchev–Trinajstić information content (AvgIpc) is 3.07. The van der Waals surface area contributed by atoms with E-state index in [0.717, 1.165) is 10.9 Å². The molecule has 0 N–H and O–H groups in total. The first kappa shape index (κ1) is 18.2. The highest BCUT2D eigenvalue weighted by atomic mass is 16.5. The Bertz CT molecular complexity index is 1090. The molecule has 10 nitrogen and oxygen atoms in total. The van der Waals surface area contributed by atoms with E-state index in [1.807, 2.05) is 0 Å². The predicted molar refractivity (Wildman–Crippen MR) is 94.4 cm³/mol. The van der Waals surface area contributed by atoms with E-state index in [0.29, 0.717) is 17.2 Å². The van der Waals surface area contributed by atoms with Gasteiger partial charge in [0.1, 0.15) is 6.33 Å². The van der Waals surface area contributed by atoms with Crippen LogP contribution in [0, 0.1) is 0 Å². The van der Waals surface area contributed by atoms with Gasteiger partial charge in [0.15, 0.2) is 40.3 Å². The van der Waals surface area contributed by atoms with E-state index in [-0.39, 0.29) is 11.2 Å². The van der Waals surface area contributed by atoms with E-state index in [9.17, 15) is 14.4 Å². The fourth-order valence-corrected chi connectivity index (χ4v) is 2.82. The number of fused-ring (bicyclic) bond motifs is 1. The van der Waals surface area contributed by atoms with Crippen molar-refractivity contribution in [3.63, 3.8) is 0 Å². The summed E-state index contributed by atoms with van der Waals surface area (Å²) in [6, 6.07) is 3.82. The molecular formula is C17H17N5O5. The summed E-state index contributed by atoms with van der Waals surface area (Å²) in [5.41, 5.74) is 0.0609. The van der Waals surface area contributed by atoms with Crippen LogP contribution >= 0.6 is 0 Å². The number of methoxy groups -OCH3 is 2. The van der Waals surface area contributed by atoms with E-state index in [2.05, 4.69) is 15.3 Å².